The Balaban J connectivity index is 4.56. The molecular weight excluding hydrogens is 861 g/mol. The summed E-state index contributed by atoms with van der Waals surface area (Å²) in [6.07, 6.45) is 88.3. The van der Waals surface area contributed by atoms with E-state index in [4.69, 9.17) is 14.2 Å². The monoisotopic (exact) mass is 961 g/mol. The van der Waals surface area contributed by atoms with Gasteiger partial charge in [0.25, 0.3) is 0 Å². The molecule has 0 aliphatic heterocycles. The Labute approximate surface area is 430 Å². The molecule has 0 saturated heterocycles. The summed E-state index contributed by atoms with van der Waals surface area (Å²) < 4.78 is 17.3. The Hall–Kier alpha value is -4.74. The summed E-state index contributed by atoms with van der Waals surface area (Å²) in [5.41, 5.74) is 0. The molecular formula is C65H100O5. The maximum Gasteiger partial charge on any atom is 0.306 e. The van der Waals surface area contributed by atoms with Crippen molar-refractivity contribution in [3.05, 3.63) is 170 Å². The number of rotatable bonds is 48. The van der Waals surface area contributed by atoms with Gasteiger partial charge in [0.1, 0.15) is 6.61 Å². The fourth-order valence-corrected chi connectivity index (χ4v) is 6.72. The number of allylic oxidation sites excluding steroid dienone is 27. The zero-order valence-electron chi connectivity index (χ0n) is 44.7. The summed E-state index contributed by atoms with van der Waals surface area (Å²) in [5.74, 6) is -0.564. The number of ether oxygens (including phenoxy) is 3. The second kappa shape index (κ2) is 58.6. The molecule has 70 heavy (non-hydrogen) atoms. The molecule has 0 N–H and O–H groups in total. The van der Waals surface area contributed by atoms with Gasteiger partial charge in [-0.2, -0.15) is 0 Å². The molecule has 1 unspecified atom stereocenters. The Morgan fingerprint density at radius 1 is 0.329 bits per heavy atom. The van der Waals surface area contributed by atoms with Gasteiger partial charge in [0, 0.05) is 12.8 Å². The van der Waals surface area contributed by atoms with Gasteiger partial charge < -0.3 is 14.2 Å². The Morgan fingerprint density at radius 2 is 0.671 bits per heavy atom. The van der Waals surface area contributed by atoms with E-state index in [1.807, 2.05) is 6.08 Å². The number of carbonyl (C=O) groups excluding carboxylic acids is 2. The van der Waals surface area contributed by atoms with Crippen molar-refractivity contribution in [2.24, 2.45) is 0 Å². The number of hydrogen-bond acceptors (Lipinski definition) is 5. The van der Waals surface area contributed by atoms with Gasteiger partial charge in [0.15, 0.2) is 6.10 Å². The van der Waals surface area contributed by atoms with E-state index in [1.54, 1.807) is 0 Å². The maximum atomic E-state index is 12.8. The molecule has 0 heterocycles. The molecule has 0 aromatic heterocycles. The van der Waals surface area contributed by atoms with Crippen molar-refractivity contribution in [2.75, 3.05) is 19.8 Å². The van der Waals surface area contributed by atoms with Crippen LogP contribution < -0.4 is 0 Å². The van der Waals surface area contributed by atoms with Crippen LogP contribution in [0, 0.1) is 0 Å². The second-order valence-electron chi connectivity index (χ2n) is 17.4. The predicted octanol–water partition coefficient (Wildman–Crippen LogP) is 19.2. The first-order chi connectivity index (χ1) is 34.6. The lowest BCUT2D eigenvalue weighted by atomic mass is 10.1. The van der Waals surface area contributed by atoms with E-state index in [0.29, 0.717) is 19.4 Å². The normalized spacial score (nSPS) is 13.6. The minimum absolute atomic E-state index is 0.00271. The van der Waals surface area contributed by atoms with E-state index < -0.39 is 6.10 Å². The molecule has 0 aliphatic carbocycles. The molecule has 0 spiro atoms. The van der Waals surface area contributed by atoms with Crippen LogP contribution in [0.5, 0.6) is 0 Å². The molecule has 0 fully saturated rings. The van der Waals surface area contributed by atoms with Crippen molar-refractivity contribution in [3.8, 4) is 0 Å². The highest BCUT2D eigenvalue weighted by molar-refractivity contribution is 5.70. The van der Waals surface area contributed by atoms with Crippen molar-refractivity contribution in [1.29, 1.82) is 0 Å². The van der Waals surface area contributed by atoms with Crippen molar-refractivity contribution >= 4 is 11.9 Å². The van der Waals surface area contributed by atoms with E-state index >= 15 is 0 Å². The van der Waals surface area contributed by atoms with Gasteiger partial charge in [0.05, 0.1) is 13.2 Å². The molecule has 0 aliphatic rings. The minimum Gasteiger partial charge on any atom is -0.462 e. The first-order valence-electron chi connectivity index (χ1n) is 27.7. The third-order valence-electron chi connectivity index (χ3n) is 10.8. The highest BCUT2D eigenvalue weighted by Gasteiger charge is 2.17. The SMILES string of the molecule is CC/C=C\C/C=C\C/C=C\C/C=C\C/C=C\C/C=C\CCC(=O)OCC(COCC/C=C\C/C=C\C/C=C\C/C=C\C/C=C\CC)OC(=O)CCCCCCCC/C=C\C/C=C\C/C=C\CCCCC. The average Bonchev–Trinajstić information content (AvgIpc) is 3.36. The average molecular weight is 962 g/mol. The standard InChI is InChI=1S/C65H100O5/c1-4-7-10-13-16-19-22-25-28-31-33-35-37-40-43-46-49-52-55-58-64(66)69-62-63(61-68-60-57-54-51-48-45-42-39-30-27-24-21-18-15-12-9-6-3)70-65(67)59-56-53-50-47-44-41-38-36-34-32-29-26-23-20-17-14-11-8-5-2/h7,9-10,12,16-21,25-30,33-36,40,42-43,45,49,51-52,54,63H,4-6,8,11,13-15,22-24,31-32,37-39,41,44,46-48,50,53,55-62H2,1-3H3/b10-7-,12-9-,19-16-,20-17-,21-18-,28-25-,29-26-,30-27-,35-33-,36-34-,43-40-,45-42-,52-49-,54-51-. The van der Waals surface area contributed by atoms with Crippen LogP contribution in [0.1, 0.15) is 201 Å². The summed E-state index contributed by atoms with van der Waals surface area (Å²) in [6.45, 7) is 7.24. The molecule has 0 rings (SSSR count). The summed E-state index contributed by atoms with van der Waals surface area (Å²) in [5, 5.41) is 0. The molecule has 0 aromatic carbocycles. The van der Waals surface area contributed by atoms with Crippen LogP contribution in [0.3, 0.4) is 0 Å². The number of esters is 2. The zero-order valence-corrected chi connectivity index (χ0v) is 44.7. The summed E-state index contributed by atoms with van der Waals surface area (Å²) in [7, 11) is 0. The van der Waals surface area contributed by atoms with E-state index in [0.717, 1.165) is 116 Å². The van der Waals surface area contributed by atoms with Crippen LogP contribution in [0.4, 0.5) is 0 Å². The molecule has 0 aromatic rings. The molecule has 5 nitrogen and oxygen atoms in total. The third kappa shape index (κ3) is 55.9. The Bertz CT molecular complexity index is 1600. The highest BCUT2D eigenvalue weighted by Crippen LogP contribution is 2.11. The van der Waals surface area contributed by atoms with Gasteiger partial charge in [-0.1, -0.05) is 229 Å². The van der Waals surface area contributed by atoms with Crippen molar-refractivity contribution in [1.82, 2.24) is 0 Å². The Kier molecular flexibility index (Phi) is 54.6. The lowest BCUT2D eigenvalue weighted by Crippen LogP contribution is -2.30. The minimum atomic E-state index is -0.628. The molecule has 1 atom stereocenters. The second-order valence-corrected chi connectivity index (χ2v) is 17.4. The van der Waals surface area contributed by atoms with E-state index in [1.165, 1.54) is 44.9 Å². The van der Waals surface area contributed by atoms with Gasteiger partial charge >= 0.3 is 11.9 Å². The summed E-state index contributed by atoms with van der Waals surface area (Å²) in [4.78, 5) is 25.5. The first-order valence-corrected chi connectivity index (χ1v) is 27.7. The predicted molar refractivity (Wildman–Crippen MR) is 306 cm³/mol. The summed E-state index contributed by atoms with van der Waals surface area (Å²) in [6, 6.07) is 0. The number of hydrogen-bond donors (Lipinski definition) is 0. The molecule has 0 bridgehead atoms. The van der Waals surface area contributed by atoms with Crippen LogP contribution in [0.2, 0.25) is 0 Å². The molecule has 0 radical (unpaired) electrons. The number of carbonyl (C=O) groups is 2. The zero-order chi connectivity index (χ0) is 50.6. The van der Waals surface area contributed by atoms with Crippen LogP contribution in [-0.4, -0.2) is 37.9 Å². The van der Waals surface area contributed by atoms with Gasteiger partial charge in [-0.15, -0.1) is 0 Å². The van der Waals surface area contributed by atoms with Gasteiger partial charge in [-0.25, -0.2) is 0 Å². The first kappa shape index (κ1) is 65.3. The molecule has 5 heteroatoms. The van der Waals surface area contributed by atoms with Crippen molar-refractivity contribution in [3.63, 3.8) is 0 Å². The lowest BCUT2D eigenvalue weighted by molar-refractivity contribution is -0.162. The maximum absolute atomic E-state index is 12.8. The smallest absolute Gasteiger partial charge is 0.306 e. The lowest BCUT2D eigenvalue weighted by Gasteiger charge is -2.18. The van der Waals surface area contributed by atoms with Crippen LogP contribution in [0.15, 0.2) is 170 Å². The third-order valence-corrected chi connectivity index (χ3v) is 10.8. The molecule has 390 valence electrons. The van der Waals surface area contributed by atoms with Crippen LogP contribution in [0.25, 0.3) is 0 Å². The fraction of sp³-hybridized carbons (Fsp3) is 0.538. The Morgan fingerprint density at radius 3 is 1.09 bits per heavy atom. The molecule has 0 saturated carbocycles. The van der Waals surface area contributed by atoms with E-state index in [-0.39, 0.29) is 31.6 Å². The fourth-order valence-electron chi connectivity index (χ4n) is 6.72. The summed E-state index contributed by atoms with van der Waals surface area (Å²) >= 11 is 0. The van der Waals surface area contributed by atoms with Crippen molar-refractivity contribution < 1.29 is 23.8 Å². The van der Waals surface area contributed by atoms with Crippen molar-refractivity contribution in [2.45, 2.75) is 207 Å². The van der Waals surface area contributed by atoms with Crippen LogP contribution in [-0.2, 0) is 23.8 Å². The van der Waals surface area contributed by atoms with Gasteiger partial charge in [0.2, 0.25) is 0 Å². The van der Waals surface area contributed by atoms with Crippen LogP contribution >= 0.6 is 0 Å². The number of unbranched alkanes of at least 4 members (excludes halogenated alkanes) is 9. The van der Waals surface area contributed by atoms with E-state index in [9.17, 15) is 9.59 Å². The van der Waals surface area contributed by atoms with E-state index in [2.05, 4.69) is 185 Å². The van der Waals surface area contributed by atoms with Gasteiger partial charge in [-0.3, -0.25) is 9.59 Å². The highest BCUT2D eigenvalue weighted by atomic mass is 16.6. The topological polar surface area (TPSA) is 61.8 Å². The molecule has 0 amide bonds. The van der Waals surface area contributed by atoms with Gasteiger partial charge in [-0.05, 0) is 128 Å². The quantitative estimate of drug-likeness (QED) is 0.0345. The largest absolute Gasteiger partial charge is 0.462 e.